The van der Waals surface area contributed by atoms with E-state index in [1.807, 2.05) is 0 Å². The molecule has 3 rings (SSSR count). The molecule has 10 nitrogen and oxygen atoms in total. The summed E-state index contributed by atoms with van der Waals surface area (Å²) in [5.74, 6) is 0.258. The fourth-order valence-electron chi connectivity index (χ4n) is 2.90. The zero-order valence-corrected chi connectivity index (χ0v) is 17.0. The number of hydrogen-bond acceptors (Lipinski definition) is 7. The molecule has 31 heavy (non-hydrogen) atoms. The second-order valence-corrected chi connectivity index (χ2v) is 6.12. The standard InChI is InChI=1S/C21H20N4O6/c1-29-15-10-8-12(18(30-2)19(15)31-3)9-11-16(26)23-21(28)25-24-17-13-6-4-5-7-14(13)22-20(17)27/h4-11,22,27H,1-3H3,(H,23,26,28)/b11-9+,25-24?. The number of fused-ring (bicyclic) bond motifs is 1. The zero-order chi connectivity index (χ0) is 22.4. The molecule has 1 heterocycles. The number of nitrogens with zero attached hydrogens (tertiary/aromatic N) is 2. The van der Waals surface area contributed by atoms with Crippen molar-refractivity contribution in [2.75, 3.05) is 21.3 Å². The summed E-state index contributed by atoms with van der Waals surface area (Å²) in [6.07, 6.45) is 2.59. The number of para-hydroxylation sites is 1. The Kier molecular flexibility index (Phi) is 6.51. The number of aromatic hydroxyl groups is 1. The van der Waals surface area contributed by atoms with Crippen molar-refractivity contribution in [3.63, 3.8) is 0 Å². The fraction of sp³-hybridized carbons (Fsp3) is 0.143. The lowest BCUT2D eigenvalue weighted by Gasteiger charge is -2.13. The number of amides is 3. The molecule has 0 saturated carbocycles. The summed E-state index contributed by atoms with van der Waals surface area (Å²) in [5, 5.41) is 19.7. The van der Waals surface area contributed by atoms with E-state index in [9.17, 15) is 14.7 Å². The number of methoxy groups -OCH3 is 3. The first-order valence-corrected chi connectivity index (χ1v) is 9.01. The number of imide groups is 1. The lowest BCUT2D eigenvalue weighted by Crippen LogP contribution is -2.25. The highest BCUT2D eigenvalue weighted by Gasteiger charge is 2.15. The topological polar surface area (TPSA) is 135 Å². The second kappa shape index (κ2) is 9.44. The van der Waals surface area contributed by atoms with E-state index in [4.69, 9.17) is 14.2 Å². The third kappa shape index (κ3) is 4.64. The van der Waals surface area contributed by atoms with E-state index in [2.05, 4.69) is 20.5 Å². The highest BCUT2D eigenvalue weighted by Crippen LogP contribution is 2.40. The third-order valence-electron chi connectivity index (χ3n) is 4.28. The number of urea groups is 1. The zero-order valence-electron chi connectivity index (χ0n) is 17.0. The molecule has 0 spiro atoms. The molecule has 0 aliphatic carbocycles. The van der Waals surface area contributed by atoms with Gasteiger partial charge in [0.15, 0.2) is 17.2 Å². The van der Waals surface area contributed by atoms with Gasteiger partial charge in [-0.1, -0.05) is 23.3 Å². The van der Waals surface area contributed by atoms with Crippen LogP contribution in [0, 0.1) is 0 Å². The monoisotopic (exact) mass is 424 g/mol. The van der Waals surface area contributed by atoms with E-state index in [0.717, 1.165) is 6.08 Å². The van der Waals surface area contributed by atoms with Gasteiger partial charge in [0.05, 0.1) is 26.8 Å². The van der Waals surface area contributed by atoms with Crippen LogP contribution in [0.25, 0.3) is 17.0 Å². The molecule has 10 heteroatoms. The van der Waals surface area contributed by atoms with Crippen LogP contribution in [-0.4, -0.2) is 43.4 Å². The van der Waals surface area contributed by atoms with Crippen molar-refractivity contribution in [3.05, 3.63) is 48.0 Å². The summed E-state index contributed by atoms with van der Waals surface area (Å²) in [6.45, 7) is 0. The summed E-state index contributed by atoms with van der Waals surface area (Å²) in [7, 11) is 4.42. The molecule has 0 saturated heterocycles. The minimum absolute atomic E-state index is 0.101. The van der Waals surface area contributed by atoms with E-state index in [0.29, 0.717) is 33.7 Å². The number of azo groups is 1. The molecule has 0 aliphatic rings. The number of nitrogens with one attached hydrogen (secondary N) is 2. The Bertz CT molecular complexity index is 1180. The maximum atomic E-state index is 12.1. The van der Waals surface area contributed by atoms with Gasteiger partial charge >= 0.3 is 6.03 Å². The molecule has 3 aromatic rings. The van der Waals surface area contributed by atoms with Crippen molar-refractivity contribution in [1.29, 1.82) is 0 Å². The number of ether oxygens (including phenoxy) is 3. The SMILES string of the molecule is COc1ccc(/C=C/C(=O)NC(=O)N=Nc2c(O)[nH]c3ccccc23)c(OC)c1OC. The number of carbonyl (C=O) groups is 2. The highest BCUT2D eigenvalue weighted by molar-refractivity contribution is 6.03. The first-order valence-electron chi connectivity index (χ1n) is 9.01. The Balaban J connectivity index is 1.71. The smallest absolute Gasteiger partial charge is 0.366 e. The maximum Gasteiger partial charge on any atom is 0.366 e. The van der Waals surface area contributed by atoms with Crippen LogP contribution in [0.15, 0.2) is 52.7 Å². The molecule has 160 valence electrons. The molecule has 0 unspecified atom stereocenters. The largest absolute Gasteiger partial charge is 0.493 e. The molecule has 2 aromatic carbocycles. The number of aromatic amines is 1. The molecule has 0 aliphatic heterocycles. The Morgan fingerprint density at radius 2 is 1.77 bits per heavy atom. The molecule has 3 amide bonds. The molecule has 1 aromatic heterocycles. The minimum atomic E-state index is -0.987. The average molecular weight is 424 g/mol. The van der Waals surface area contributed by atoms with Crippen molar-refractivity contribution < 1.29 is 28.9 Å². The maximum absolute atomic E-state index is 12.1. The Labute approximate surface area is 177 Å². The van der Waals surface area contributed by atoms with Crippen LogP contribution in [0.4, 0.5) is 10.5 Å². The number of rotatable bonds is 6. The van der Waals surface area contributed by atoms with Crippen molar-refractivity contribution in [1.82, 2.24) is 10.3 Å². The van der Waals surface area contributed by atoms with Crippen LogP contribution in [0.1, 0.15) is 5.56 Å². The normalized spacial score (nSPS) is 11.2. The van der Waals surface area contributed by atoms with Gasteiger partial charge < -0.3 is 24.3 Å². The van der Waals surface area contributed by atoms with Gasteiger partial charge in [0.2, 0.25) is 11.6 Å². The molecule has 3 N–H and O–H groups in total. The van der Waals surface area contributed by atoms with Crippen LogP contribution in [-0.2, 0) is 4.79 Å². The van der Waals surface area contributed by atoms with Gasteiger partial charge in [-0.25, -0.2) is 4.79 Å². The molecule has 0 radical (unpaired) electrons. The first-order chi connectivity index (χ1) is 15.0. The van der Waals surface area contributed by atoms with Gasteiger partial charge in [-0.3, -0.25) is 10.1 Å². The summed E-state index contributed by atoms with van der Waals surface area (Å²) in [4.78, 5) is 26.7. The highest BCUT2D eigenvalue weighted by atomic mass is 16.5. The van der Waals surface area contributed by atoms with Gasteiger partial charge in [-0.2, -0.15) is 0 Å². The molecular formula is C21H20N4O6. The molecule has 0 fully saturated rings. The lowest BCUT2D eigenvalue weighted by molar-refractivity contribution is -0.115. The Morgan fingerprint density at radius 3 is 2.48 bits per heavy atom. The van der Waals surface area contributed by atoms with Crippen molar-refractivity contribution >= 4 is 34.6 Å². The summed E-state index contributed by atoms with van der Waals surface area (Å²) < 4.78 is 15.8. The lowest BCUT2D eigenvalue weighted by atomic mass is 10.1. The van der Waals surface area contributed by atoms with Crippen LogP contribution in [0.3, 0.4) is 0 Å². The first kappa shape index (κ1) is 21.4. The Hall–Kier alpha value is -4.34. The van der Waals surface area contributed by atoms with Crippen LogP contribution in [0.5, 0.6) is 23.1 Å². The van der Waals surface area contributed by atoms with Gasteiger partial charge in [0.25, 0.3) is 5.91 Å². The second-order valence-electron chi connectivity index (χ2n) is 6.12. The van der Waals surface area contributed by atoms with E-state index in [1.54, 1.807) is 36.4 Å². The summed E-state index contributed by atoms with van der Waals surface area (Å²) in [6, 6.07) is 9.33. The number of aromatic nitrogens is 1. The van der Waals surface area contributed by atoms with Crippen LogP contribution < -0.4 is 19.5 Å². The quantitative estimate of drug-likeness (QED) is 0.405. The number of benzene rings is 2. The van der Waals surface area contributed by atoms with Gasteiger partial charge in [-0.05, 0) is 24.3 Å². The van der Waals surface area contributed by atoms with Crippen molar-refractivity contribution in [3.8, 4) is 23.1 Å². The number of hydrogen-bond donors (Lipinski definition) is 3. The fourth-order valence-corrected chi connectivity index (χ4v) is 2.90. The van der Waals surface area contributed by atoms with Crippen LogP contribution >= 0.6 is 0 Å². The van der Waals surface area contributed by atoms with E-state index < -0.39 is 11.9 Å². The average Bonchev–Trinajstić information content (AvgIpc) is 3.10. The molecule has 0 atom stereocenters. The van der Waals surface area contributed by atoms with Crippen LogP contribution in [0.2, 0.25) is 0 Å². The summed E-state index contributed by atoms with van der Waals surface area (Å²) >= 11 is 0. The van der Waals surface area contributed by atoms with E-state index in [1.165, 1.54) is 27.4 Å². The molecular weight excluding hydrogens is 404 g/mol. The number of carbonyl (C=O) groups excluding carboxylic acids is 2. The minimum Gasteiger partial charge on any atom is -0.493 e. The van der Waals surface area contributed by atoms with Crippen molar-refractivity contribution in [2.24, 2.45) is 10.2 Å². The molecule has 0 bridgehead atoms. The number of H-pyrrole nitrogens is 1. The third-order valence-corrected chi connectivity index (χ3v) is 4.28. The van der Waals surface area contributed by atoms with Gasteiger partial charge in [-0.15, -0.1) is 5.11 Å². The summed E-state index contributed by atoms with van der Waals surface area (Å²) in [5.41, 5.74) is 1.27. The van der Waals surface area contributed by atoms with Gasteiger partial charge in [0.1, 0.15) is 0 Å². The predicted molar refractivity (Wildman–Crippen MR) is 113 cm³/mol. The van der Waals surface area contributed by atoms with Gasteiger partial charge in [0, 0.05) is 17.0 Å². The van der Waals surface area contributed by atoms with E-state index >= 15 is 0 Å². The Morgan fingerprint density at radius 1 is 1.03 bits per heavy atom. The predicted octanol–water partition coefficient (Wildman–Crippen LogP) is 3.93. The van der Waals surface area contributed by atoms with E-state index in [-0.39, 0.29) is 11.6 Å². The van der Waals surface area contributed by atoms with Crippen molar-refractivity contribution in [2.45, 2.75) is 0 Å².